The number of rotatable bonds is 6. The second-order valence-electron chi connectivity index (χ2n) is 5.74. The fourth-order valence-corrected chi connectivity index (χ4v) is 2.56. The zero-order chi connectivity index (χ0) is 15.5. The molecule has 4 nitrogen and oxygen atoms in total. The molecule has 0 saturated carbocycles. The van der Waals surface area contributed by atoms with Crippen LogP contribution in [0.25, 0.3) is 10.9 Å². The predicted molar refractivity (Wildman–Crippen MR) is 88.9 cm³/mol. The average molecular weight is 308 g/mol. The maximum Gasteiger partial charge on any atom is 0.0948 e. The highest BCUT2D eigenvalue weighted by atomic mass is 35.5. The molecule has 3 N–H and O–H groups in total. The zero-order valence-corrected chi connectivity index (χ0v) is 13.4. The number of nitrogens with one attached hydrogen (secondary N) is 1. The molecular weight excluding hydrogens is 286 g/mol. The minimum atomic E-state index is -0.229. The van der Waals surface area contributed by atoms with E-state index in [4.69, 9.17) is 22.1 Å². The maximum atomic E-state index is 6.22. The zero-order valence-electron chi connectivity index (χ0n) is 12.7. The molecule has 1 unspecified atom stereocenters. The lowest BCUT2D eigenvalue weighted by Gasteiger charge is -2.29. The van der Waals surface area contributed by atoms with Crippen LogP contribution < -0.4 is 11.1 Å². The predicted octanol–water partition coefficient (Wildman–Crippen LogP) is 3.44. The summed E-state index contributed by atoms with van der Waals surface area (Å²) in [4.78, 5) is 4.43. The van der Waals surface area contributed by atoms with Gasteiger partial charge in [0.1, 0.15) is 0 Å². The SMILES string of the molecule is COC(C)(C)CC(CN)Nc1ccc(Cl)c2cccnc12. The number of hydrogen-bond acceptors (Lipinski definition) is 4. The van der Waals surface area contributed by atoms with Crippen molar-refractivity contribution in [3.8, 4) is 0 Å². The number of anilines is 1. The first kappa shape index (κ1) is 16.0. The van der Waals surface area contributed by atoms with Crippen LogP contribution in [0.2, 0.25) is 5.02 Å². The van der Waals surface area contributed by atoms with Gasteiger partial charge in [-0.3, -0.25) is 4.98 Å². The molecule has 0 spiro atoms. The Balaban J connectivity index is 2.28. The fraction of sp³-hybridized carbons (Fsp3) is 0.438. The fourth-order valence-electron chi connectivity index (χ4n) is 2.34. The Morgan fingerprint density at radius 3 is 2.81 bits per heavy atom. The molecule has 0 saturated heterocycles. The van der Waals surface area contributed by atoms with Crippen LogP contribution in [-0.2, 0) is 4.74 Å². The highest BCUT2D eigenvalue weighted by Crippen LogP contribution is 2.29. The molecule has 0 fully saturated rings. The van der Waals surface area contributed by atoms with Crippen LogP contribution in [0.3, 0.4) is 0 Å². The number of benzene rings is 1. The summed E-state index contributed by atoms with van der Waals surface area (Å²) in [5.41, 5.74) is 7.46. The number of nitrogens with zero attached hydrogens (tertiary/aromatic N) is 1. The molecule has 0 aliphatic heterocycles. The van der Waals surface area contributed by atoms with Crippen molar-refractivity contribution in [2.75, 3.05) is 19.0 Å². The normalized spacial score (nSPS) is 13.4. The van der Waals surface area contributed by atoms with E-state index in [1.54, 1.807) is 13.3 Å². The Hall–Kier alpha value is -1.36. The van der Waals surface area contributed by atoms with E-state index >= 15 is 0 Å². The summed E-state index contributed by atoms with van der Waals surface area (Å²) in [6.45, 7) is 4.62. The molecule has 0 bridgehead atoms. The molecule has 1 heterocycles. The van der Waals surface area contributed by atoms with Gasteiger partial charge in [0.2, 0.25) is 0 Å². The van der Waals surface area contributed by atoms with E-state index in [1.165, 1.54) is 0 Å². The molecule has 1 aromatic heterocycles. The summed E-state index contributed by atoms with van der Waals surface area (Å²) >= 11 is 6.22. The number of nitrogens with two attached hydrogens (primary N) is 1. The van der Waals surface area contributed by atoms with Crippen molar-refractivity contribution in [3.63, 3.8) is 0 Å². The second-order valence-corrected chi connectivity index (χ2v) is 6.15. The Bertz CT molecular complexity index is 615. The number of pyridine rings is 1. The van der Waals surface area contributed by atoms with Crippen molar-refractivity contribution in [2.45, 2.75) is 31.9 Å². The number of fused-ring (bicyclic) bond motifs is 1. The molecule has 2 rings (SSSR count). The third-order valence-electron chi connectivity index (χ3n) is 3.65. The Kier molecular flexibility index (Phi) is 5.04. The van der Waals surface area contributed by atoms with Crippen LogP contribution in [-0.4, -0.2) is 30.3 Å². The van der Waals surface area contributed by atoms with Crippen LogP contribution in [0, 0.1) is 0 Å². The number of hydrogen-bond donors (Lipinski definition) is 2. The first-order valence-corrected chi connectivity index (χ1v) is 7.39. The van der Waals surface area contributed by atoms with Gasteiger partial charge in [-0.2, -0.15) is 0 Å². The monoisotopic (exact) mass is 307 g/mol. The Morgan fingerprint density at radius 2 is 2.14 bits per heavy atom. The average Bonchev–Trinajstić information content (AvgIpc) is 2.49. The van der Waals surface area contributed by atoms with Crippen LogP contribution in [0.5, 0.6) is 0 Å². The quantitative estimate of drug-likeness (QED) is 0.858. The van der Waals surface area contributed by atoms with Crippen LogP contribution in [0.4, 0.5) is 5.69 Å². The van der Waals surface area contributed by atoms with Gasteiger partial charge in [0.05, 0.1) is 21.8 Å². The van der Waals surface area contributed by atoms with Crippen molar-refractivity contribution in [1.29, 1.82) is 0 Å². The van der Waals surface area contributed by atoms with Gasteiger partial charge in [-0.25, -0.2) is 0 Å². The van der Waals surface area contributed by atoms with E-state index in [0.717, 1.165) is 23.0 Å². The van der Waals surface area contributed by atoms with Gasteiger partial charge in [-0.15, -0.1) is 0 Å². The molecule has 0 aliphatic carbocycles. The number of aromatic nitrogens is 1. The molecule has 1 aromatic carbocycles. The largest absolute Gasteiger partial charge is 0.379 e. The van der Waals surface area contributed by atoms with E-state index in [-0.39, 0.29) is 11.6 Å². The summed E-state index contributed by atoms with van der Waals surface area (Å²) in [5.74, 6) is 0. The molecule has 0 aliphatic rings. The van der Waals surface area contributed by atoms with Crippen LogP contribution in [0.1, 0.15) is 20.3 Å². The summed E-state index contributed by atoms with van der Waals surface area (Å²) in [5, 5.41) is 5.10. The molecule has 21 heavy (non-hydrogen) atoms. The molecule has 114 valence electrons. The topological polar surface area (TPSA) is 60.2 Å². The van der Waals surface area contributed by atoms with Crippen molar-refractivity contribution in [1.82, 2.24) is 4.98 Å². The van der Waals surface area contributed by atoms with Crippen molar-refractivity contribution >= 4 is 28.2 Å². The molecule has 2 aromatic rings. The van der Waals surface area contributed by atoms with E-state index < -0.39 is 0 Å². The third-order valence-corrected chi connectivity index (χ3v) is 3.98. The smallest absolute Gasteiger partial charge is 0.0948 e. The van der Waals surface area contributed by atoms with E-state index in [0.29, 0.717) is 11.6 Å². The minimum Gasteiger partial charge on any atom is -0.379 e. The summed E-state index contributed by atoms with van der Waals surface area (Å²) in [6.07, 6.45) is 2.57. The standard InChI is InChI=1S/C16H22ClN3O/c1-16(2,21-3)9-11(10-18)20-14-7-6-13(17)12-5-4-8-19-15(12)14/h4-8,11,20H,9-10,18H2,1-3H3. The third kappa shape index (κ3) is 3.84. The molecule has 1 atom stereocenters. The number of halogens is 1. The number of methoxy groups -OCH3 is 1. The molecule has 5 heteroatoms. The lowest BCUT2D eigenvalue weighted by molar-refractivity contribution is 0.0122. The van der Waals surface area contributed by atoms with E-state index in [2.05, 4.69) is 24.1 Å². The second kappa shape index (κ2) is 6.60. The summed E-state index contributed by atoms with van der Waals surface area (Å²) in [7, 11) is 1.72. The summed E-state index contributed by atoms with van der Waals surface area (Å²) < 4.78 is 5.48. The first-order chi connectivity index (χ1) is 9.96. The van der Waals surface area contributed by atoms with E-state index in [9.17, 15) is 0 Å². The Morgan fingerprint density at radius 1 is 1.38 bits per heavy atom. The highest BCUT2D eigenvalue weighted by Gasteiger charge is 2.22. The minimum absolute atomic E-state index is 0.103. The van der Waals surface area contributed by atoms with Gasteiger partial charge >= 0.3 is 0 Å². The van der Waals surface area contributed by atoms with Gasteiger partial charge in [0.25, 0.3) is 0 Å². The van der Waals surface area contributed by atoms with Crippen LogP contribution in [0.15, 0.2) is 30.5 Å². The van der Waals surface area contributed by atoms with Gasteiger partial charge in [0.15, 0.2) is 0 Å². The van der Waals surface area contributed by atoms with Gasteiger partial charge < -0.3 is 15.8 Å². The van der Waals surface area contributed by atoms with Gasteiger partial charge in [-0.1, -0.05) is 11.6 Å². The molecule has 0 amide bonds. The molecular formula is C16H22ClN3O. The van der Waals surface area contributed by atoms with Crippen molar-refractivity contribution in [3.05, 3.63) is 35.5 Å². The van der Waals surface area contributed by atoms with Gasteiger partial charge in [0, 0.05) is 31.3 Å². The molecule has 0 radical (unpaired) electrons. The van der Waals surface area contributed by atoms with Crippen molar-refractivity contribution in [2.24, 2.45) is 5.73 Å². The highest BCUT2D eigenvalue weighted by molar-refractivity contribution is 6.35. The van der Waals surface area contributed by atoms with Gasteiger partial charge in [-0.05, 0) is 44.5 Å². The van der Waals surface area contributed by atoms with Crippen LogP contribution >= 0.6 is 11.6 Å². The summed E-state index contributed by atoms with van der Waals surface area (Å²) in [6, 6.07) is 7.77. The van der Waals surface area contributed by atoms with Crippen molar-refractivity contribution < 1.29 is 4.74 Å². The lowest BCUT2D eigenvalue weighted by Crippen LogP contribution is -2.37. The van der Waals surface area contributed by atoms with E-state index in [1.807, 2.05) is 24.3 Å². The Labute approximate surface area is 130 Å². The lowest BCUT2D eigenvalue weighted by atomic mass is 9.98. The maximum absolute atomic E-state index is 6.22. The first-order valence-electron chi connectivity index (χ1n) is 7.02. The number of ether oxygens (including phenoxy) is 1.